The predicted octanol–water partition coefficient (Wildman–Crippen LogP) is 6.25. The van der Waals surface area contributed by atoms with Crippen molar-refractivity contribution in [3.63, 3.8) is 0 Å². The number of aromatic nitrogens is 2. The Morgan fingerprint density at radius 3 is 2.77 bits per heavy atom. The lowest BCUT2D eigenvalue weighted by Gasteiger charge is -2.07. The van der Waals surface area contributed by atoms with Crippen LogP contribution in [0.25, 0.3) is 32.1 Å². The number of benzene rings is 2. The van der Waals surface area contributed by atoms with Crippen molar-refractivity contribution in [1.29, 1.82) is 0 Å². The van der Waals surface area contributed by atoms with Crippen LogP contribution in [0.1, 0.15) is 11.1 Å². The molecule has 1 N–H and O–H groups in total. The number of hydrogen-bond acceptors (Lipinski definition) is 3. The second-order valence-corrected chi connectivity index (χ2v) is 8.58. The number of nitrogens with zero attached hydrogens (tertiary/aromatic N) is 2. The Morgan fingerprint density at radius 1 is 1.07 bits per heavy atom. The van der Waals surface area contributed by atoms with Crippen molar-refractivity contribution >= 4 is 49.9 Å². The number of aliphatic carboxylic acids is 1. The SMILES string of the molecule is O=C(O)Cc1cn(Cc2csc3ccc(Cl)cc23)c2cc(-c3cccnc3)ccc12. The number of fused-ring (bicyclic) bond motifs is 2. The standard InChI is InChI=1S/C24H17ClN2O2S/c25-19-4-6-23-21(10-19)18(14-30-23)13-27-12-17(9-24(28)29)20-5-3-15(8-22(20)27)16-2-1-7-26-11-16/h1-8,10-12,14H,9,13H2,(H,28,29). The molecule has 4 nitrogen and oxygen atoms in total. The minimum absolute atomic E-state index is 0.00798. The molecule has 0 aliphatic carbocycles. The van der Waals surface area contributed by atoms with Gasteiger partial charge in [-0.3, -0.25) is 9.78 Å². The average molecular weight is 433 g/mol. The number of carbonyl (C=O) groups is 1. The van der Waals surface area contributed by atoms with Crippen molar-refractivity contribution in [3.05, 3.63) is 88.7 Å². The summed E-state index contributed by atoms with van der Waals surface area (Å²) in [5, 5.41) is 14.3. The number of carboxylic acid groups (broad SMARTS) is 1. The van der Waals surface area contributed by atoms with Crippen LogP contribution in [0.3, 0.4) is 0 Å². The van der Waals surface area contributed by atoms with Crippen LogP contribution in [0.15, 0.2) is 72.5 Å². The molecule has 0 amide bonds. The summed E-state index contributed by atoms with van der Waals surface area (Å²) in [7, 11) is 0. The molecule has 0 spiro atoms. The first-order chi connectivity index (χ1) is 14.6. The molecule has 0 radical (unpaired) electrons. The monoisotopic (exact) mass is 432 g/mol. The lowest BCUT2D eigenvalue weighted by Crippen LogP contribution is -2.00. The molecule has 0 aliphatic heterocycles. The molecule has 0 fully saturated rings. The van der Waals surface area contributed by atoms with Gasteiger partial charge in [-0.2, -0.15) is 0 Å². The molecule has 0 atom stereocenters. The molecule has 0 saturated heterocycles. The Labute approximate surface area is 182 Å². The van der Waals surface area contributed by atoms with Crippen LogP contribution in [0, 0.1) is 0 Å². The van der Waals surface area contributed by atoms with Crippen LogP contribution in [-0.2, 0) is 17.8 Å². The number of pyridine rings is 1. The van der Waals surface area contributed by atoms with Crippen LogP contribution < -0.4 is 0 Å². The number of hydrogen-bond donors (Lipinski definition) is 1. The van der Waals surface area contributed by atoms with Gasteiger partial charge in [-0.1, -0.05) is 29.8 Å². The van der Waals surface area contributed by atoms with E-state index >= 15 is 0 Å². The summed E-state index contributed by atoms with van der Waals surface area (Å²) in [6.07, 6.45) is 5.54. The second kappa shape index (κ2) is 7.59. The van der Waals surface area contributed by atoms with E-state index in [0.717, 1.165) is 33.0 Å². The maximum absolute atomic E-state index is 11.4. The van der Waals surface area contributed by atoms with Gasteiger partial charge in [-0.25, -0.2) is 0 Å². The Balaban J connectivity index is 1.65. The highest BCUT2D eigenvalue weighted by Gasteiger charge is 2.14. The molecule has 0 unspecified atom stereocenters. The molecule has 0 saturated carbocycles. The van der Waals surface area contributed by atoms with Gasteiger partial charge < -0.3 is 9.67 Å². The lowest BCUT2D eigenvalue weighted by atomic mass is 10.0. The zero-order chi connectivity index (χ0) is 20.7. The van der Waals surface area contributed by atoms with Crippen LogP contribution in [0.5, 0.6) is 0 Å². The summed E-state index contributed by atoms with van der Waals surface area (Å²) in [5.74, 6) is -0.835. The Kier molecular flexibility index (Phi) is 4.77. The molecule has 30 heavy (non-hydrogen) atoms. The van der Waals surface area contributed by atoms with Crippen molar-refractivity contribution in [1.82, 2.24) is 9.55 Å². The molecule has 3 heterocycles. The van der Waals surface area contributed by atoms with E-state index in [1.54, 1.807) is 17.5 Å². The zero-order valence-corrected chi connectivity index (χ0v) is 17.5. The fraction of sp³-hybridized carbons (Fsp3) is 0.0833. The molecule has 0 aliphatic rings. The maximum Gasteiger partial charge on any atom is 0.307 e. The number of halogens is 1. The third-order valence-corrected chi connectivity index (χ3v) is 6.51. The first-order valence-corrected chi connectivity index (χ1v) is 10.7. The quantitative estimate of drug-likeness (QED) is 0.357. The number of carboxylic acids is 1. The largest absolute Gasteiger partial charge is 0.481 e. The highest BCUT2D eigenvalue weighted by molar-refractivity contribution is 7.17. The average Bonchev–Trinajstić information content (AvgIpc) is 3.29. The van der Waals surface area contributed by atoms with Crippen molar-refractivity contribution in [3.8, 4) is 11.1 Å². The second-order valence-electron chi connectivity index (χ2n) is 7.23. The van der Waals surface area contributed by atoms with E-state index in [9.17, 15) is 9.90 Å². The zero-order valence-electron chi connectivity index (χ0n) is 15.9. The van der Waals surface area contributed by atoms with E-state index < -0.39 is 5.97 Å². The van der Waals surface area contributed by atoms with Gasteiger partial charge >= 0.3 is 5.97 Å². The Morgan fingerprint density at radius 2 is 1.97 bits per heavy atom. The van der Waals surface area contributed by atoms with E-state index in [-0.39, 0.29) is 6.42 Å². The maximum atomic E-state index is 11.4. The number of rotatable bonds is 5. The predicted molar refractivity (Wildman–Crippen MR) is 122 cm³/mol. The topological polar surface area (TPSA) is 55.1 Å². The minimum Gasteiger partial charge on any atom is -0.481 e. The summed E-state index contributed by atoms with van der Waals surface area (Å²) in [6.45, 7) is 0.646. The highest BCUT2D eigenvalue weighted by atomic mass is 35.5. The summed E-state index contributed by atoms with van der Waals surface area (Å²) >= 11 is 7.91. The smallest absolute Gasteiger partial charge is 0.307 e. The summed E-state index contributed by atoms with van der Waals surface area (Å²) in [4.78, 5) is 15.6. The van der Waals surface area contributed by atoms with Gasteiger partial charge in [-0.05, 0) is 57.8 Å². The summed E-state index contributed by atoms with van der Waals surface area (Å²) in [5.41, 5.74) is 5.07. The molecule has 3 aromatic heterocycles. The van der Waals surface area contributed by atoms with Gasteiger partial charge in [0.1, 0.15) is 0 Å². The summed E-state index contributed by atoms with van der Waals surface area (Å²) in [6, 6.07) is 16.0. The van der Waals surface area contributed by atoms with Crippen LogP contribution in [-0.4, -0.2) is 20.6 Å². The molecule has 6 heteroatoms. The van der Waals surface area contributed by atoms with Crippen molar-refractivity contribution in [2.24, 2.45) is 0 Å². The van der Waals surface area contributed by atoms with Crippen LogP contribution >= 0.6 is 22.9 Å². The van der Waals surface area contributed by atoms with Gasteiger partial charge in [0.25, 0.3) is 0 Å². The normalized spacial score (nSPS) is 11.4. The van der Waals surface area contributed by atoms with E-state index in [1.807, 2.05) is 54.9 Å². The highest BCUT2D eigenvalue weighted by Crippen LogP contribution is 2.32. The Bertz CT molecular complexity index is 1390. The molecule has 0 bridgehead atoms. The van der Waals surface area contributed by atoms with Gasteiger partial charge in [0, 0.05) is 51.3 Å². The fourth-order valence-electron chi connectivity index (χ4n) is 3.88. The van der Waals surface area contributed by atoms with Gasteiger partial charge in [0.15, 0.2) is 0 Å². The molecule has 5 rings (SSSR count). The Hall–Kier alpha value is -3.15. The van der Waals surface area contributed by atoms with E-state index in [4.69, 9.17) is 11.6 Å². The molecule has 2 aromatic carbocycles. The fourth-order valence-corrected chi connectivity index (χ4v) is 4.98. The minimum atomic E-state index is -0.835. The van der Waals surface area contributed by atoms with Crippen LogP contribution in [0.4, 0.5) is 0 Å². The van der Waals surface area contributed by atoms with Gasteiger partial charge in [0.05, 0.1) is 6.42 Å². The third kappa shape index (κ3) is 3.47. The third-order valence-electron chi connectivity index (χ3n) is 5.26. The first kappa shape index (κ1) is 18.9. The van der Waals surface area contributed by atoms with Gasteiger partial charge in [-0.15, -0.1) is 11.3 Å². The lowest BCUT2D eigenvalue weighted by molar-refractivity contribution is -0.136. The van der Waals surface area contributed by atoms with E-state index in [1.165, 1.54) is 10.3 Å². The molecule has 148 valence electrons. The van der Waals surface area contributed by atoms with Crippen molar-refractivity contribution in [2.45, 2.75) is 13.0 Å². The first-order valence-electron chi connectivity index (χ1n) is 9.48. The molecule has 5 aromatic rings. The molecular weight excluding hydrogens is 416 g/mol. The van der Waals surface area contributed by atoms with Crippen LogP contribution in [0.2, 0.25) is 5.02 Å². The van der Waals surface area contributed by atoms with Gasteiger partial charge in [0.2, 0.25) is 0 Å². The molecular formula is C24H17ClN2O2S. The van der Waals surface area contributed by atoms with E-state index in [0.29, 0.717) is 11.6 Å². The van der Waals surface area contributed by atoms with E-state index in [2.05, 4.69) is 21.0 Å². The number of thiophene rings is 1. The summed E-state index contributed by atoms with van der Waals surface area (Å²) < 4.78 is 3.32. The van der Waals surface area contributed by atoms with Crippen molar-refractivity contribution in [2.75, 3.05) is 0 Å². The van der Waals surface area contributed by atoms with Crippen molar-refractivity contribution < 1.29 is 9.90 Å².